The Kier molecular flexibility index (Phi) is 4.60. The van der Waals surface area contributed by atoms with Gasteiger partial charge in [-0.3, -0.25) is 4.79 Å². The molecule has 0 saturated carbocycles. The highest BCUT2D eigenvalue weighted by Crippen LogP contribution is 2.33. The van der Waals surface area contributed by atoms with Crippen molar-refractivity contribution in [3.63, 3.8) is 0 Å². The van der Waals surface area contributed by atoms with Crippen LogP contribution in [0.1, 0.15) is 40.9 Å². The third-order valence-corrected chi connectivity index (χ3v) is 4.19. The van der Waals surface area contributed by atoms with E-state index in [2.05, 4.69) is 5.32 Å². The van der Waals surface area contributed by atoms with E-state index in [-0.39, 0.29) is 11.9 Å². The number of rotatable bonds is 4. The molecule has 1 aliphatic heterocycles. The van der Waals surface area contributed by atoms with Gasteiger partial charge in [-0.25, -0.2) is 0 Å². The lowest BCUT2D eigenvalue weighted by Crippen LogP contribution is -2.29. The zero-order valence-electron chi connectivity index (χ0n) is 14.0. The molecule has 24 heavy (non-hydrogen) atoms. The van der Waals surface area contributed by atoms with E-state index in [1.54, 1.807) is 12.1 Å². The molecule has 0 fully saturated rings. The van der Waals surface area contributed by atoms with E-state index in [1.165, 1.54) is 0 Å². The molecule has 1 amide bonds. The molecule has 1 aliphatic rings. The number of carbonyl (C=O) groups is 1. The largest absolute Gasteiger partial charge is 0.486 e. The van der Waals surface area contributed by atoms with Crippen molar-refractivity contribution in [1.82, 2.24) is 5.32 Å². The van der Waals surface area contributed by atoms with Crippen LogP contribution in [0, 0.1) is 6.92 Å². The summed E-state index contributed by atoms with van der Waals surface area (Å²) < 4.78 is 11.2. The van der Waals surface area contributed by atoms with Gasteiger partial charge in [0.15, 0.2) is 11.5 Å². The van der Waals surface area contributed by atoms with E-state index in [9.17, 15) is 4.79 Å². The molecule has 5 nitrogen and oxygen atoms in total. The summed E-state index contributed by atoms with van der Waals surface area (Å²) in [4.78, 5) is 12.6. The third kappa shape index (κ3) is 3.30. The minimum absolute atomic E-state index is 0.103. The molecular weight excluding hydrogens is 304 g/mol. The lowest BCUT2D eigenvalue weighted by atomic mass is 10.0. The number of carbonyl (C=O) groups excluding carboxylic acids is 1. The highest BCUT2D eigenvalue weighted by Gasteiger charge is 2.19. The lowest BCUT2D eigenvalue weighted by Gasteiger charge is -2.22. The van der Waals surface area contributed by atoms with Crippen LogP contribution in [0.25, 0.3) is 0 Å². The first kappa shape index (κ1) is 16.2. The summed E-state index contributed by atoms with van der Waals surface area (Å²) in [6.07, 6.45) is 0.771. The van der Waals surface area contributed by atoms with Crippen LogP contribution in [-0.2, 0) is 0 Å². The molecule has 0 aliphatic carbocycles. The maximum absolute atomic E-state index is 12.6. The van der Waals surface area contributed by atoms with E-state index in [1.807, 2.05) is 38.1 Å². The zero-order valence-corrected chi connectivity index (χ0v) is 14.0. The Labute approximate surface area is 141 Å². The third-order valence-electron chi connectivity index (χ3n) is 4.19. The van der Waals surface area contributed by atoms with Crippen molar-refractivity contribution >= 4 is 11.6 Å². The van der Waals surface area contributed by atoms with Gasteiger partial charge in [0.25, 0.3) is 5.91 Å². The average molecular weight is 326 g/mol. The smallest absolute Gasteiger partial charge is 0.252 e. The van der Waals surface area contributed by atoms with Crippen LogP contribution in [0.5, 0.6) is 11.5 Å². The summed E-state index contributed by atoms with van der Waals surface area (Å²) in [5.41, 5.74) is 8.89. The van der Waals surface area contributed by atoms with Crippen LogP contribution in [-0.4, -0.2) is 19.1 Å². The van der Waals surface area contributed by atoms with Crippen molar-refractivity contribution in [2.24, 2.45) is 0 Å². The molecule has 1 heterocycles. The molecule has 0 bridgehead atoms. The number of fused-ring (bicyclic) bond motifs is 1. The van der Waals surface area contributed by atoms with Crippen molar-refractivity contribution < 1.29 is 14.3 Å². The summed E-state index contributed by atoms with van der Waals surface area (Å²) in [6, 6.07) is 11.1. The van der Waals surface area contributed by atoms with Crippen molar-refractivity contribution in [3.05, 3.63) is 53.1 Å². The van der Waals surface area contributed by atoms with E-state index in [4.69, 9.17) is 15.2 Å². The lowest BCUT2D eigenvalue weighted by molar-refractivity contribution is 0.0935. The molecule has 2 aromatic carbocycles. The minimum Gasteiger partial charge on any atom is -0.486 e. The standard InChI is InChI=1S/C19H22N2O3/c1-3-16(13-5-7-17-18(10-13)24-9-8-23-17)21-19(22)15-11-14(20)6-4-12(15)2/h4-7,10-11,16H,3,8-9,20H2,1-2H3,(H,21,22). The van der Waals surface area contributed by atoms with Gasteiger partial charge in [-0.1, -0.05) is 19.1 Å². The summed E-state index contributed by atoms with van der Waals surface area (Å²) in [7, 11) is 0. The summed E-state index contributed by atoms with van der Waals surface area (Å²) >= 11 is 0. The molecule has 0 aromatic heterocycles. The molecule has 1 atom stereocenters. The maximum Gasteiger partial charge on any atom is 0.252 e. The first-order chi connectivity index (χ1) is 11.6. The van der Waals surface area contributed by atoms with E-state index in [0.717, 1.165) is 29.0 Å². The Balaban J connectivity index is 1.81. The number of benzene rings is 2. The molecule has 2 aromatic rings. The Morgan fingerprint density at radius 1 is 1.17 bits per heavy atom. The predicted octanol–water partition coefficient (Wildman–Crippen LogP) is 3.23. The van der Waals surface area contributed by atoms with Crippen molar-refractivity contribution in [2.45, 2.75) is 26.3 Å². The topological polar surface area (TPSA) is 73.6 Å². The van der Waals surface area contributed by atoms with Crippen LogP contribution < -0.4 is 20.5 Å². The molecule has 0 radical (unpaired) electrons. The Morgan fingerprint density at radius 3 is 2.67 bits per heavy atom. The molecule has 0 saturated heterocycles. The average Bonchev–Trinajstić information content (AvgIpc) is 2.61. The fraction of sp³-hybridized carbons (Fsp3) is 0.316. The number of hydrogen-bond acceptors (Lipinski definition) is 4. The van der Waals surface area contributed by atoms with Gasteiger partial charge in [-0.05, 0) is 48.7 Å². The van der Waals surface area contributed by atoms with Gasteiger partial charge < -0.3 is 20.5 Å². The number of amides is 1. The van der Waals surface area contributed by atoms with Gasteiger partial charge in [0, 0.05) is 11.3 Å². The van der Waals surface area contributed by atoms with Gasteiger partial charge in [0.1, 0.15) is 13.2 Å². The second kappa shape index (κ2) is 6.83. The van der Waals surface area contributed by atoms with Crippen molar-refractivity contribution in [3.8, 4) is 11.5 Å². The highest BCUT2D eigenvalue weighted by atomic mass is 16.6. The first-order valence-electron chi connectivity index (χ1n) is 8.15. The minimum atomic E-state index is -0.124. The summed E-state index contributed by atoms with van der Waals surface area (Å²) in [6.45, 7) is 5.05. The maximum atomic E-state index is 12.6. The normalized spacial score (nSPS) is 14.1. The number of hydrogen-bond donors (Lipinski definition) is 2. The SMILES string of the molecule is CCC(NC(=O)c1cc(N)ccc1C)c1ccc2c(c1)OCCO2. The number of nitrogens with one attached hydrogen (secondary N) is 1. The Bertz CT molecular complexity index is 758. The van der Waals surface area contributed by atoms with Crippen LogP contribution in [0.4, 0.5) is 5.69 Å². The van der Waals surface area contributed by atoms with E-state index in [0.29, 0.717) is 24.5 Å². The fourth-order valence-electron chi connectivity index (χ4n) is 2.82. The Morgan fingerprint density at radius 2 is 1.92 bits per heavy atom. The summed E-state index contributed by atoms with van der Waals surface area (Å²) in [5.74, 6) is 1.35. The molecule has 0 spiro atoms. The number of nitrogens with two attached hydrogens (primary N) is 1. The fourth-order valence-corrected chi connectivity index (χ4v) is 2.82. The number of nitrogen functional groups attached to an aromatic ring is 1. The van der Waals surface area contributed by atoms with Gasteiger partial charge in [-0.15, -0.1) is 0 Å². The van der Waals surface area contributed by atoms with Gasteiger partial charge in [-0.2, -0.15) is 0 Å². The van der Waals surface area contributed by atoms with Crippen molar-refractivity contribution in [2.75, 3.05) is 18.9 Å². The predicted molar refractivity (Wildman–Crippen MR) is 93.5 cm³/mol. The quantitative estimate of drug-likeness (QED) is 0.846. The van der Waals surface area contributed by atoms with Crippen LogP contribution >= 0.6 is 0 Å². The molecular formula is C19H22N2O3. The van der Waals surface area contributed by atoms with Crippen LogP contribution in [0.3, 0.4) is 0 Å². The number of aryl methyl sites for hydroxylation is 1. The Hall–Kier alpha value is -2.69. The molecule has 1 unspecified atom stereocenters. The summed E-state index contributed by atoms with van der Waals surface area (Å²) in [5, 5.41) is 3.08. The monoisotopic (exact) mass is 326 g/mol. The van der Waals surface area contributed by atoms with Gasteiger partial charge in [0.05, 0.1) is 6.04 Å². The second-order valence-electron chi connectivity index (χ2n) is 5.91. The van der Waals surface area contributed by atoms with Gasteiger partial charge in [0.2, 0.25) is 0 Å². The molecule has 3 rings (SSSR count). The second-order valence-corrected chi connectivity index (χ2v) is 5.91. The number of anilines is 1. The van der Waals surface area contributed by atoms with Crippen LogP contribution in [0.15, 0.2) is 36.4 Å². The van der Waals surface area contributed by atoms with Crippen molar-refractivity contribution in [1.29, 1.82) is 0 Å². The molecule has 5 heteroatoms. The van der Waals surface area contributed by atoms with Gasteiger partial charge >= 0.3 is 0 Å². The molecule has 3 N–H and O–H groups in total. The van der Waals surface area contributed by atoms with Crippen LogP contribution in [0.2, 0.25) is 0 Å². The number of ether oxygens (including phenoxy) is 2. The first-order valence-corrected chi connectivity index (χ1v) is 8.15. The van der Waals surface area contributed by atoms with E-state index < -0.39 is 0 Å². The highest BCUT2D eigenvalue weighted by molar-refractivity contribution is 5.96. The zero-order chi connectivity index (χ0) is 17.1. The van der Waals surface area contributed by atoms with E-state index >= 15 is 0 Å². The molecule has 126 valence electrons.